The molecule has 3 rings (SSSR count). The summed E-state index contributed by atoms with van der Waals surface area (Å²) in [5.41, 5.74) is 17.9. The number of anilines is 3. The molecule has 1 heterocycles. The zero-order valence-corrected chi connectivity index (χ0v) is 11.5. The van der Waals surface area contributed by atoms with E-state index in [-0.39, 0.29) is 35.5 Å². The Morgan fingerprint density at radius 3 is 2.75 bits per heavy atom. The van der Waals surface area contributed by atoms with Crippen LogP contribution in [0.25, 0.3) is 0 Å². The number of rotatable bonds is 3. The lowest BCUT2D eigenvalue weighted by molar-refractivity contribution is -0.122. The first-order valence-electron chi connectivity index (χ1n) is 6.42. The fourth-order valence-electron chi connectivity index (χ4n) is 3.24. The van der Waals surface area contributed by atoms with Crippen LogP contribution in [0.2, 0.25) is 5.02 Å². The van der Waals surface area contributed by atoms with Crippen LogP contribution in [0, 0.1) is 17.8 Å². The Hall–Kier alpha value is -1.95. The second kappa shape index (κ2) is 4.56. The van der Waals surface area contributed by atoms with E-state index in [0.717, 1.165) is 6.42 Å². The predicted molar refractivity (Wildman–Crippen MR) is 78.9 cm³/mol. The van der Waals surface area contributed by atoms with Crippen molar-refractivity contribution in [1.29, 1.82) is 0 Å². The number of fused-ring (bicyclic) bond motifs is 2. The molecule has 0 aromatic carbocycles. The lowest BCUT2D eigenvalue weighted by Gasteiger charge is -2.28. The van der Waals surface area contributed by atoms with Gasteiger partial charge in [-0.25, -0.2) is 4.98 Å². The SMILES string of the molecule is NC(=O)[C@@H]1[C@@H](Nc2c(Cl)cnc(N)c2N)[C@@H]2C=C[C@@H]1C2. The summed E-state index contributed by atoms with van der Waals surface area (Å²) in [4.78, 5) is 15.6. The van der Waals surface area contributed by atoms with E-state index >= 15 is 0 Å². The molecule has 6 nitrogen and oxygen atoms in total. The average molecular weight is 294 g/mol. The van der Waals surface area contributed by atoms with Crippen molar-refractivity contribution in [3.05, 3.63) is 23.4 Å². The second-order valence-electron chi connectivity index (χ2n) is 5.33. The van der Waals surface area contributed by atoms with Crippen LogP contribution >= 0.6 is 11.6 Å². The van der Waals surface area contributed by atoms with Gasteiger partial charge in [0, 0.05) is 6.04 Å². The molecule has 4 atom stereocenters. The predicted octanol–water partition coefficient (Wildman–Crippen LogP) is 0.987. The second-order valence-corrected chi connectivity index (χ2v) is 5.73. The first kappa shape index (κ1) is 13.1. The molecule has 0 radical (unpaired) electrons. The molecule has 2 aliphatic carbocycles. The van der Waals surface area contributed by atoms with Crippen LogP contribution in [0.5, 0.6) is 0 Å². The van der Waals surface area contributed by atoms with Crippen LogP contribution < -0.4 is 22.5 Å². The van der Waals surface area contributed by atoms with Crippen molar-refractivity contribution in [2.75, 3.05) is 16.8 Å². The first-order chi connectivity index (χ1) is 9.49. The van der Waals surface area contributed by atoms with Crippen LogP contribution in [-0.2, 0) is 4.79 Å². The molecule has 2 aliphatic rings. The number of carbonyl (C=O) groups excluding carboxylic acids is 1. The lowest BCUT2D eigenvalue weighted by Crippen LogP contribution is -2.41. The number of allylic oxidation sites excluding steroid dienone is 1. The molecular weight excluding hydrogens is 278 g/mol. The molecule has 106 valence electrons. The van der Waals surface area contributed by atoms with Gasteiger partial charge in [0.05, 0.1) is 28.5 Å². The van der Waals surface area contributed by atoms with Crippen LogP contribution in [0.4, 0.5) is 17.2 Å². The number of pyridine rings is 1. The third kappa shape index (κ3) is 1.87. The number of nitrogen functional groups attached to an aromatic ring is 2. The molecule has 0 saturated heterocycles. The van der Waals surface area contributed by atoms with E-state index in [9.17, 15) is 4.79 Å². The first-order valence-corrected chi connectivity index (χ1v) is 6.80. The Balaban J connectivity index is 1.93. The number of halogens is 1. The molecule has 1 amide bonds. The minimum absolute atomic E-state index is 0.107. The summed E-state index contributed by atoms with van der Waals surface area (Å²) in [7, 11) is 0. The molecule has 7 N–H and O–H groups in total. The van der Waals surface area contributed by atoms with Gasteiger partial charge in [-0.2, -0.15) is 0 Å². The van der Waals surface area contributed by atoms with Crippen molar-refractivity contribution in [1.82, 2.24) is 4.98 Å². The van der Waals surface area contributed by atoms with Crippen LogP contribution in [0.15, 0.2) is 18.3 Å². The Morgan fingerprint density at radius 1 is 1.35 bits per heavy atom. The Morgan fingerprint density at radius 2 is 2.05 bits per heavy atom. The molecule has 1 saturated carbocycles. The average Bonchev–Trinajstić information content (AvgIpc) is 2.99. The molecule has 1 aromatic heterocycles. The number of carbonyl (C=O) groups is 1. The number of hydrogen-bond donors (Lipinski definition) is 4. The third-order valence-electron chi connectivity index (χ3n) is 4.20. The molecule has 1 aromatic rings. The summed E-state index contributed by atoms with van der Waals surface area (Å²) in [6, 6.07) is -0.107. The van der Waals surface area contributed by atoms with Crippen molar-refractivity contribution in [2.45, 2.75) is 12.5 Å². The van der Waals surface area contributed by atoms with Crippen molar-refractivity contribution in [3.63, 3.8) is 0 Å². The van der Waals surface area contributed by atoms with E-state index in [1.807, 2.05) is 0 Å². The van der Waals surface area contributed by atoms with Crippen molar-refractivity contribution in [2.24, 2.45) is 23.5 Å². The molecule has 1 fully saturated rings. The monoisotopic (exact) mass is 293 g/mol. The van der Waals surface area contributed by atoms with Gasteiger partial charge >= 0.3 is 0 Å². The van der Waals surface area contributed by atoms with E-state index in [2.05, 4.69) is 22.5 Å². The Kier molecular flexibility index (Phi) is 2.97. The highest BCUT2D eigenvalue weighted by Gasteiger charge is 2.47. The van der Waals surface area contributed by atoms with E-state index in [4.69, 9.17) is 28.8 Å². The Bertz CT molecular complexity index is 603. The van der Waals surface area contributed by atoms with Gasteiger partial charge in [0.15, 0.2) is 0 Å². The fourth-order valence-corrected chi connectivity index (χ4v) is 3.44. The highest BCUT2D eigenvalue weighted by atomic mass is 35.5. The van der Waals surface area contributed by atoms with Crippen molar-refractivity contribution >= 4 is 34.7 Å². The molecular formula is C13H16ClN5O. The van der Waals surface area contributed by atoms with Gasteiger partial charge in [-0.3, -0.25) is 4.79 Å². The van der Waals surface area contributed by atoms with Crippen LogP contribution in [-0.4, -0.2) is 16.9 Å². The number of nitrogens with one attached hydrogen (secondary N) is 1. The quantitative estimate of drug-likeness (QED) is 0.619. The van der Waals surface area contributed by atoms with Gasteiger partial charge in [-0.05, 0) is 18.3 Å². The van der Waals surface area contributed by atoms with E-state index in [0.29, 0.717) is 16.4 Å². The number of amides is 1. The standard InChI is InChI=1S/C13H16ClN5O/c14-7-4-18-12(16)9(15)11(7)19-10-6-2-1-5(3-6)8(10)13(17)20/h1-2,4-6,8,10H,3,15H2,(H2,17,20)(H3,16,18,19)/t5-,6-,8+,10+/m1/s1. The van der Waals surface area contributed by atoms with Gasteiger partial charge < -0.3 is 22.5 Å². The van der Waals surface area contributed by atoms with Crippen LogP contribution in [0.1, 0.15) is 6.42 Å². The van der Waals surface area contributed by atoms with E-state index in [1.165, 1.54) is 6.20 Å². The fraction of sp³-hybridized carbons (Fsp3) is 0.385. The number of nitrogens with zero attached hydrogens (tertiary/aromatic N) is 1. The number of primary amides is 1. The largest absolute Gasteiger partial charge is 0.394 e. The summed E-state index contributed by atoms with van der Waals surface area (Å²) in [6.45, 7) is 0. The normalized spacial score (nSPS) is 30.6. The topological polar surface area (TPSA) is 120 Å². The summed E-state index contributed by atoms with van der Waals surface area (Å²) in [5.74, 6) is 0.0914. The summed E-state index contributed by atoms with van der Waals surface area (Å²) >= 11 is 6.11. The molecule has 0 spiro atoms. The molecule has 20 heavy (non-hydrogen) atoms. The minimum Gasteiger partial charge on any atom is -0.394 e. The highest BCUT2D eigenvalue weighted by molar-refractivity contribution is 6.34. The zero-order chi connectivity index (χ0) is 14.4. The van der Waals surface area contributed by atoms with Gasteiger partial charge in [0.1, 0.15) is 5.82 Å². The van der Waals surface area contributed by atoms with Crippen molar-refractivity contribution < 1.29 is 4.79 Å². The molecule has 0 unspecified atom stereocenters. The Labute approximate surface area is 121 Å². The summed E-state index contributed by atoms with van der Waals surface area (Å²) < 4.78 is 0. The van der Waals surface area contributed by atoms with E-state index < -0.39 is 0 Å². The van der Waals surface area contributed by atoms with Crippen LogP contribution in [0.3, 0.4) is 0 Å². The third-order valence-corrected chi connectivity index (χ3v) is 4.49. The van der Waals surface area contributed by atoms with Crippen molar-refractivity contribution in [3.8, 4) is 0 Å². The molecule has 0 aliphatic heterocycles. The number of aromatic nitrogens is 1. The smallest absolute Gasteiger partial charge is 0.223 e. The van der Waals surface area contributed by atoms with Gasteiger partial charge in [0.2, 0.25) is 5.91 Å². The van der Waals surface area contributed by atoms with Gasteiger partial charge in [-0.15, -0.1) is 0 Å². The highest BCUT2D eigenvalue weighted by Crippen LogP contribution is 2.46. The summed E-state index contributed by atoms with van der Waals surface area (Å²) in [5, 5.41) is 3.63. The zero-order valence-electron chi connectivity index (χ0n) is 10.7. The number of hydrogen-bond acceptors (Lipinski definition) is 5. The lowest BCUT2D eigenvalue weighted by atomic mass is 9.88. The number of nitrogens with two attached hydrogens (primary N) is 3. The minimum atomic E-state index is -0.309. The maximum Gasteiger partial charge on any atom is 0.223 e. The molecule has 7 heteroatoms. The van der Waals surface area contributed by atoms with Gasteiger partial charge in [0.25, 0.3) is 0 Å². The summed E-state index contributed by atoms with van der Waals surface area (Å²) in [6.07, 6.45) is 6.53. The maximum atomic E-state index is 11.7. The molecule has 2 bridgehead atoms. The van der Waals surface area contributed by atoms with Gasteiger partial charge in [-0.1, -0.05) is 23.8 Å². The maximum absolute atomic E-state index is 11.7. The van der Waals surface area contributed by atoms with E-state index in [1.54, 1.807) is 0 Å².